The monoisotopic (exact) mass is 387 g/mol. The third kappa shape index (κ3) is 3.67. The normalized spacial score (nSPS) is 37.0. The van der Waals surface area contributed by atoms with Gasteiger partial charge in [-0.1, -0.05) is 0 Å². The lowest BCUT2D eigenvalue weighted by molar-refractivity contribution is -0.138. The van der Waals surface area contributed by atoms with Gasteiger partial charge in [-0.3, -0.25) is 25.2 Å². The lowest BCUT2D eigenvalue weighted by Crippen LogP contribution is -2.51. The minimum absolute atomic E-state index is 0.0309. The van der Waals surface area contributed by atoms with Crippen LogP contribution in [0.2, 0.25) is 0 Å². The molecule has 0 aromatic rings. The van der Waals surface area contributed by atoms with Gasteiger partial charge >= 0.3 is 0 Å². The van der Waals surface area contributed by atoms with Crippen molar-refractivity contribution in [3.63, 3.8) is 0 Å². The van der Waals surface area contributed by atoms with Crippen LogP contribution in [0.5, 0.6) is 0 Å². The molecule has 5 saturated carbocycles. The summed E-state index contributed by atoms with van der Waals surface area (Å²) in [6.07, 6.45) is 11.7. The molecule has 1 heterocycles. The van der Waals surface area contributed by atoms with Gasteiger partial charge in [0.2, 0.25) is 17.7 Å². The van der Waals surface area contributed by atoms with E-state index in [4.69, 9.17) is 0 Å². The lowest BCUT2D eigenvalue weighted by Gasteiger charge is -2.56. The average Bonchev–Trinajstić information content (AvgIpc) is 3.49. The number of amides is 3. The molecule has 6 aliphatic rings. The largest absolute Gasteiger partial charge is 0.342 e. The van der Waals surface area contributed by atoms with Crippen LogP contribution in [0.25, 0.3) is 0 Å². The molecule has 0 radical (unpaired) electrons. The number of nitrogens with one attached hydrogen (secondary N) is 2. The van der Waals surface area contributed by atoms with E-state index in [2.05, 4.69) is 10.9 Å². The second kappa shape index (κ2) is 7.03. The summed E-state index contributed by atoms with van der Waals surface area (Å²) in [4.78, 5) is 39.1. The Labute approximate surface area is 167 Å². The van der Waals surface area contributed by atoms with Crippen molar-refractivity contribution in [1.82, 2.24) is 15.8 Å². The molecule has 0 aromatic heterocycles. The first-order chi connectivity index (χ1) is 13.5. The van der Waals surface area contributed by atoms with E-state index in [1.807, 2.05) is 4.90 Å². The number of rotatable bonds is 4. The SMILES string of the molecule is O=C(CC12CC3CC(CC(C3)C1)C2)NNC(=O)C1CCN(C(=O)C2CC2)CC1. The third-order valence-electron chi connectivity index (χ3n) is 8.13. The van der Waals surface area contributed by atoms with Crippen LogP contribution in [0.3, 0.4) is 0 Å². The highest BCUT2D eigenvalue weighted by molar-refractivity contribution is 5.84. The number of carbonyl (C=O) groups excluding carboxylic acids is 3. The maximum absolute atomic E-state index is 12.6. The molecular weight excluding hydrogens is 354 g/mol. The zero-order chi connectivity index (χ0) is 19.3. The van der Waals surface area contributed by atoms with Crippen molar-refractivity contribution < 1.29 is 14.4 Å². The molecule has 0 unspecified atom stereocenters. The highest BCUT2D eigenvalue weighted by Crippen LogP contribution is 2.61. The van der Waals surface area contributed by atoms with Gasteiger partial charge in [0, 0.05) is 31.3 Å². The highest BCUT2D eigenvalue weighted by Gasteiger charge is 2.51. The van der Waals surface area contributed by atoms with Gasteiger partial charge in [0.1, 0.15) is 0 Å². The smallest absolute Gasteiger partial charge is 0.241 e. The van der Waals surface area contributed by atoms with Crippen molar-refractivity contribution >= 4 is 17.7 Å². The Balaban J connectivity index is 1.07. The summed E-state index contributed by atoms with van der Waals surface area (Å²) in [5, 5.41) is 0. The van der Waals surface area contributed by atoms with Crippen molar-refractivity contribution in [2.45, 2.75) is 70.6 Å². The molecule has 6 fully saturated rings. The summed E-state index contributed by atoms with van der Waals surface area (Å²) in [6.45, 7) is 1.32. The Morgan fingerprint density at radius 2 is 1.36 bits per heavy atom. The standard InChI is InChI=1S/C22H33N3O3/c26-19(13-22-10-14-7-15(11-22)9-16(8-14)12-22)23-24-20(27)17-3-5-25(6-4-17)21(28)18-1-2-18/h14-18H,1-13H2,(H,23,26)(H,24,27). The molecule has 6 nitrogen and oxygen atoms in total. The first-order valence-electron chi connectivity index (χ1n) is 11.4. The first kappa shape index (κ1) is 18.4. The second-order valence-corrected chi connectivity index (χ2v) is 10.5. The second-order valence-electron chi connectivity index (χ2n) is 10.5. The summed E-state index contributed by atoms with van der Waals surface area (Å²) >= 11 is 0. The fraction of sp³-hybridized carbons (Fsp3) is 0.864. The first-order valence-corrected chi connectivity index (χ1v) is 11.4. The van der Waals surface area contributed by atoms with E-state index in [1.54, 1.807) is 0 Å². The van der Waals surface area contributed by atoms with Crippen LogP contribution in [0.4, 0.5) is 0 Å². The number of carbonyl (C=O) groups is 3. The number of nitrogens with zero attached hydrogens (tertiary/aromatic N) is 1. The molecule has 0 atom stereocenters. The van der Waals surface area contributed by atoms with Crippen LogP contribution < -0.4 is 10.9 Å². The van der Waals surface area contributed by atoms with Gasteiger partial charge in [-0.15, -0.1) is 0 Å². The van der Waals surface area contributed by atoms with E-state index >= 15 is 0 Å². The Bertz CT molecular complexity index is 629. The van der Waals surface area contributed by atoms with Crippen LogP contribution >= 0.6 is 0 Å². The molecule has 0 aromatic carbocycles. The minimum atomic E-state index is -0.108. The molecule has 6 rings (SSSR count). The fourth-order valence-electron chi connectivity index (χ4n) is 7.08. The zero-order valence-corrected chi connectivity index (χ0v) is 16.8. The van der Waals surface area contributed by atoms with E-state index in [1.165, 1.54) is 38.5 Å². The van der Waals surface area contributed by atoms with Gasteiger partial charge in [-0.25, -0.2) is 0 Å². The predicted molar refractivity (Wildman–Crippen MR) is 104 cm³/mol. The number of likely N-dealkylation sites (tertiary alicyclic amines) is 1. The lowest BCUT2D eigenvalue weighted by atomic mass is 9.49. The molecule has 2 N–H and O–H groups in total. The molecule has 4 bridgehead atoms. The molecule has 6 heteroatoms. The highest BCUT2D eigenvalue weighted by atomic mass is 16.2. The summed E-state index contributed by atoms with van der Waals surface area (Å²) < 4.78 is 0. The number of hydrazine groups is 1. The quantitative estimate of drug-likeness (QED) is 0.727. The van der Waals surface area contributed by atoms with E-state index < -0.39 is 0 Å². The summed E-state index contributed by atoms with van der Waals surface area (Å²) in [7, 11) is 0. The number of hydrogen-bond acceptors (Lipinski definition) is 3. The maximum atomic E-state index is 12.6. The van der Waals surface area contributed by atoms with Crippen LogP contribution in [0.1, 0.15) is 70.6 Å². The summed E-state index contributed by atoms with van der Waals surface area (Å²) in [6, 6.07) is 0. The van der Waals surface area contributed by atoms with Crippen LogP contribution in [-0.4, -0.2) is 35.7 Å². The van der Waals surface area contributed by atoms with E-state index in [0.29, 0.717) is 32.4 Å². The summed E-state index contributed by atoms with van der Waals surface area (Å²) in [5.41, 5.74) is 5.56. The van der Waals surface area contributed by atoms with Crippen molar-refractivity contribution in [2.75, 3.05) is 13.1 Å². The van der Waals surface area contributed by atoms with Crippen molar-refractivity contribution in [3.05, 3.63) is 0 Å². The van der Waals surface area contributed by atoms with Gasteiger partial charge in [0.05, 0.1) is 0 Å². The molecule has 1 aliphatic heterocycles. The summed E-state index contributed by atoms with van der Waals surface area (Å²) in [5.74, 6) is 2.76. The average molecular weight is 388 g/mol. The van der Waals surface area contributed by atoms with Crippen molar-refractivity contribution in [1.29, 1.82) is 0 Å². The Hall–Kier alpha value is -1.59. The van der Waals surface area contributed by atoms with Crippen LogP contribution in [-0.2, 0) is 14.4 Å². The van der Waals surface area contributed by atoms with Gasteiger partial charge < -0.3 is 4.90 Å². The topological polar surface area (TPSA) is 78.5 Å². The fourth-order valence-corrected chi connectivity index (χ4v) is 7.08. The molecule has 28 heavy (non-hydrogen) atoms. The predicted octanol–water partition coefficient (Wildman–Crippen LogP) is 2.39. The Morgan fingerprint density at radius 3 is 1.89 bits per heavy atom. The number of hydrogen-bond donors (Lipinski definition) is 2. The molecule has 5 aliphatic carbocycles. The van der Waals surface area contributed by atoms with Crippen LogP contribution in [0, 0.1) is 35.0 Å². The van der Waals surface area contributed by atoms with Gasteiger partial charge in [0.15, 0.2) is 0 Å². The minimum Gasteiger partial charge on any atom is -0.342 e. The van der Waals surface area contributed by atoms with E-state index in [0.717, 1.165) is 30.6 Å². The number of piperidine rings is 1. The van der Waals surface area contributed by atoms with E-state index in [9.17, 15) is 14.4 Å². The Morgan fingerprint density at radius 1 is 0.786 bits per heavy atom. The van der Waals surface area contributed by atoms with Crippen LogP contribution in [0.15, 0.2) is 0 Å². The molecule has 3 amide bonds. The van der Waals surface area contributed by atoms with Gasteiger partial charge in [-0.05, 0) is 87.4 Å². The maximum Gasteiger partial charge on any atom is 0.241 e. The van der Waals surface area contributed by atoms with Gasteiger partial charge in [0.25, 0.3) is 0 Å². The molecule has 1 saturated heterocycles. The third-order valence-corrected chi connectivity index (χ3v) is 8.13. The zero-order valence-electron chi connectivity index (χ0n) is 16.8. The Kier molecular flexibility index (Phi) is 4.63. The van der Waals surface area contributed by atoms with E-state index in [-0.39, 0.29) is 35.0 Å². The molecule has 0 spiro atoms. The molecule has 154 valence electrons. The van der Waals surface area contributed by atoms with Gasteiger partial charge in [-0.2, -0.15) is 0 Å². The van der Waals surface area contributed by atoms with Crippen molar-refractivity contribution in [2.24, 2.45) is 35.0 Å². The molecular formula is C22H33N3O3. The van der Waals surface area contributed by atoms with Crippen molar-refractivity contribution in [3.8, 4) is 0 Å².